The number of nitrogens with one attached hydrogen (secondary N) is 1. The molecule has 0 aromatic heterocycles. The van der Waals surface area contributed by atoms with E-state index < -0.39 is 34.6 Å². The second kappa shape index (κ2) is 10.1. The van der Waals surface area contributed by atoms with Crippen molar-refractivity contribution in [3.05, 3.63) is 0 Å². The lowest BCUT2D eigenvalue weighted by Crippen LogP contribution is -2.48. The maximum absolute atomic E-state index is 11.9. The number of carbonyl (C=O) groups is 1. The van der Waals surface area contributed by atoms with Gasteiger partial charge in [0.15, 0.2) is 0 Å². The Balaban J connectivity index is 4.31. The Bertz CT molecular complexity index is 382. The van der Waals surface area contributed by atoms with Crippen molar-refractivity contribution in [3.63, 3.8) is 0 Å². The van der Waals surface area contributed by atoms with E-state index in [1.165, 1.54) is 0 Å². The van der Waals surface area contributed by atoms with Crippen molar-refractivity contribution in [1.29, 1.82) is 0 Å². The molecule has 0 saturated heterocycles. The van der Waals surface area contributed by atoms with Crippen LogP contribution in [0.15, 0.2) is 0 Å². The smallest absolute Gasteiger partial charge is 0.244 e. The summed E-state index contributed by atoms with van der Waals surface area (Å²) in [5.41, 5.74) is -1.44. The van der Waals surface area contributed by atoms with Crippen LogP contribution < -0.4 is 4.72 Å². The highest BCUT2D eigenvalue weighted by molar-refractivity contribution is 7.90. The van der Waals surface area contributed by atoms with Crippen LogP contribution in [0.2, 0.25) is 0 Å². The first-order valence-corrected chi connectivity index (χ1v) is 9.29. The molecular weight excluding hydrogens is 294 g/mol. The van der Waals surface area contributed by atoms with Crippen LogP contribution in [0, 0.1) is 5.41 Å². The number of aliphatic hydroxyl groups is 2. The Morgan fingerprint density at radius 2 is 1.52 bits per heavy atom. The van der Waals surface area contributed by atoms with E-state index >= 15 is 0 Å². The minimum absolute atomic E-state index is 0.110. The maximum atomic E-state index is 11.9. The van der Waals surface area contributed by atoms with Crippen LogP contribution in [0.25, 0.3) is 0 Å². The Morgan fingerprint density at radius 1 is 1.00 bits per heavy atom. The van der Waals surface area contributed by atoms with Gasteiger partial charge in [0, 0.05) is 0 Å². The molecule has 0 atom stereocenters. The minimum atomic E-state index is -3.71. The standard InChI is InChI=1S/C14H29NO5S/c1-3-5-6-7-8-9-10-21(19,20)15-13(18)14(4-2,11-16)12-17/h16-17H,3-12H2,1-2H3,(H,15,18). The topological polar surface area (TPSA) is 104 Å². The van der Waals surface area contributed by atoms with Crippen LogP contribution >= 0.6 is 0 Å². The highest BCUT2D eigenvalue weighted by Gasteiger charge is 2.37. The maximum Gasteiger partial charge on any atom is 0.244 e. The van der Waals surface area contributed by atoms with Crippen molar-refractivity contribution >= 4 is 15.9 Å². The molecule has 0 radical (unpaired) electrons. The summed E-state index contributed by atoms with van der Waals surface area (Å²) >= 11 is 0. The lowest BCUT2D eigenvalue weighted by molar-refractivity contribution is -0.134. The minimum Gasteiger partial charge on any atom is -0.395 e. The summed E-state index contributed by atoms with van der Waals surface area (Å²) in [5, 5.41) is 18.4. The Kier molecular flexibility index (Phi) is 9.81. The van der Waals surface area contributed by atoms with E-state index in [1.807, 2.05) is 4.72 Å². The summed E-state index contributed by atoms with van der Waals surface area (Å²) in [6.45, 7) is 2.56. The zero-order chi connectivity index (χ0) is 16.4. The SMILES string of the molecule is CCCCCCCCS(=O)(=O)NC(=O)C(CC)(CO)CO. The lowest BCUT2D eigenvalue weighted by Gasteiger charge is -2.26. The van der Waals surface area contributed by atoms with Gasteiger partial charge in [-0.3, -0.25) is 9.52 Å². The number of hydrogen-bond acceptors (Lipinski definition) is 5. The first kappa shape index (κ1) is 20.3. The highest BCUT2D eigenvalue weighted by atomic mass is 32.2. The number of amides is 1. The molecule has 1 amide bonds. The average molecular weight is 323 g/mol. The Hall–Kier alpha value is -0.660. The van der Waals surface area contributed by atoms with Crippen LogP contribution in [0.1, 0.15) is 58.8 Å². The number of unbranched alkanes of at least 4 members (excludes halogenated alkanes) is 5. The van der Waals surface area contributed by atoms with Gasteiger partial charge in [-0.25, -0.2) is 8.42 Å². The van der Waals surface area contributed by atoms with Gasteiger partial charge in [0.2, 0.25) is 15.9 Å². The average Bonchev–Trinajstić information content (AvgIpc) is 2.44. The molecule has 0 bridgehead atoms. The van der Waals surface area contributed by atoms with Gasteiger partial charge in [0.05, 0.1) is 24.4 Å². The van der Waals surface area contributed by atoms with Gasteiger partial charge in [-0.15, -0.1) is 0 Å². The van der Waals surface area contributed by atoms with Crippen LogP contribution in [0.4, 0.5) is 0 Å². The van der Waals surface area contributed by atoms with E-state index in [-0.39, 0.29) is 12.2 Å². The van der Waals surface area contributed by atoms with Gasteiger partial charge in [-0.2, -0.15) is 0 Å². The molecule has 21 heavy (non-hydrogen) atoms. The summed E-state index contributed by atoms with van der Waals surface area (Å²) in [4.78, 5) is 11.9. The van der Waals surface area contributed by atoms with Gasteiger partial charge >= 0.3 is 0 Å². The molecule has 126 valence electrons. The van der Waals surface area contributed by atoms with Crippen LogP contribution in [-0.2, 0) is 14.8 Å². The number of rotatable bonds is 12. The van der Waals surface area contributed by atoms with Crippen molar-refractivity contribution < 1.29 is 23.4 Å². The Labute approximate surface area is 128 Å². The lowest BCUT2D eigenvalue weighted by atomic mass is 9.86. The van der Waals surface area contributed by atoms with Gasteiger partial charge in [0.25, 0.3) is 0 Å². The predicted molar refractivity (Wildman–Crippen MR) is 82.2 cm³/mol. The van der Waals surface area contributed by atoms with Crippen molar-refractivity contribution in [2.45, 2.75) is 58.8 Å². The molecule has 0 unspecified atom stereocenters. The van der Waals surface area contributed by atoms with E-state index in [0.717, 1.165) is 32.1 Å². The first-order chi connectivity index (χ1) is 9.87. The normalized spacial score (nSPS) is 12.4. The van der Waals surface area contributed by atoms with Crippen LogP contribution in [0.5, 0.6) is 0 Å². The fraction of sp³-hybridized carbons (Fsp3) is 0.929. The van der Waals surface area contributed by atoms with Crippen molar-refractivity contribution in [2.24, 2.45) is 5.41 Å². The van der Waals surface area contributed by atoms with E-state index in [2.05, 4.69) is 6.92 Å². The molecule has 3 N–H and O–H groups in total. The zero-order valence-corrected chi connectivity index (χ0v) is 13.9. The molecule has 0 aromatic carbocycles. The van der Waals surface area contributed by atoms with Gasteiger partial charge in [-0.05, 0) is 12.8 Å². The highest BCUT2D eigenvalue weighted by Crippen LogP contribution is 2.21. The van der Waals surface area contributed by atoms with E-state index in [0.29, 0.717) is 6.42 Å². The molecule has 0 saturated carbocycles. The predicted octanol–water partition coefficient (Wildman–Crippen LogP) is 1.17. The number of aliphatic hydroxyl groups excluding tert-OH is 2. The molecular formula is C14H29NO5S. The quantitative estimate of drug-likeness (QED) is 0.468. The van der Waals surface area contributed by atoms with E-state index in [4.69, 9.17) is 0 Å². The van der Waals surface area contributed by atoms with Crippen molar-refractivity contribution in [3.8, 4) is 0 Å². The fourth-order valence-corrected chi connectivity index (χ4v) is 3.14. The molecule has 0 rings (SSSR count). The third kappa shape index (κ3) is 7.24. The zero-order valence-electron chi connectivity index (χ0n) is 13.1. The third-order valence-electron chi connectivity index (χ3n) is 3.78. The summed E-state index contributed by atoms with van der Waals surface area (Å²) < 4.78 is 25.6. The van der Waals surface area contributed by atoms with Crippen molar-refractivity contribution in [1.82, 2.24) is 4.72 Å². The Morgan fingerprint density at radius 3 is 2.00 bits per heavy atom. The van der Waals surface area contributed by atoms with Gasteiger partial charge in [0.1, 0.15) is 0 Å². The molecule has 0 aliphatic carbocycles. The second-order valence-corrected chi connectivity index (χ2v) is 7.31. The monoisotopic (exact) mass is 323 g/mol. The van der Waals surface area contributed by atoms with Gasteiger partial charge < -0.3 is 10.2 Å². The van der Waals surface area contributed by atoms with Gasteiger partial charge in [-0.1, -0.05) is 46.0 Å². The second-order valence-electron chi connectivity index (χ2n) is 5.47. The number of sulfonamides is 1. The van der Waals surface area contributed by atoms with Crippen LogP contribution in [0.3, 0.4) is 0 Å². The summed E-state index contributed by atoms with van der Waals surface area (Å²) in [7, 11) is -3.71. The molecule has 7 heteroatoms. The molecule has 0 heterocycles. The van der Waals surface area contributed by atoms with E-state index in [9.17, 15) is 23.4 Å². The van der Waals surface area contributed by atoms with Crippen LogP contribution in [-0.4, -0.2) is 43.5 Å². The molecule has 0 fully saturated rings. The molecule has 0 aliphatic rings. The summed E-state index contributed by atoms with van der Waals surface area (Å²) in [6, 6.07) is 0. The molecule has 0 spiro atoms. The summed E-state index contributed by atoms with van der Waals surface area (Å²) in [5.74, 6) is -0.942. The largest absolute Gasteiger partial charge is 0.395 e. The molecule has 0 aromatic rings. The molecule has 6 nitrogen and oxygen atoms in total. The third-order valence-corrected chi connectivity index (χ3v) is 5.10. The fourth-order valence-electron chi connectivity index (χ4n) is 1.95. The number of hydrogen-bond donors (Lipinski definition) is 3. The first-order valence-electron chi connectivity index (χ1n) is 7.64. The van der Waals surface area contributed by atoms with Crippen molar-refractivity contribution in [2.75, 3.05) is 19.0 Å². The molecule has 0 aliphatic heterocycles. The van der Waals surface area contributed by atoms with E-state index in [1.54, 1.807) is 6.92 Å². The number of carbonyl (C=O) groups excluding carboxylic acids is 1. The summed E-state index contributed by atoms with van der Waals surface area (Å²) in [6.07, 6.45) is 5.85.